The maximum Gasteiger partial charge on any atom is 0.314 e. The van der Waals surface area contributed by atoms with Crippen LogP contribution in [-0.2, 0) is 10.3 Å². The van der Waals surface area contributed by atoms with Crippen LogP contribution in [-0.4, -0.2) is 31.0 Å². The summed E-state index contributed by atoms with van der Waals surface area (Å²) in [7, 11) is -2.41. The van der Waals surface area contributed by atoms with E-state index in [4.69, 9.17) is 4.43 Å². The lowest BCUT2D eigenvalue weighted by molar-refractivity contribution is -0.0574. The zero-order valence-corrected chi connectivity index (χ0v) is 16.4. The SMILES string of the molecule is CC(C)(C)[Si](C)(C)OCC(F)(F)c1nccc(C(=O)CBr)c1F. The first-order valence-electron chi connectivity index (χ1n) is 7.09. The summed E-state index contributed by atoms with van der Waals surface area (Å²) in [5.41, 5.74) is -1.46. The zero-order chi connectivity index (χ0) is 18.1. The molecule has 1 aromatic rings. The molecule has 0 aromatic carbocycles. The van der Waals surface area contributed by atoms with Gasteiger partial charge in [0.25, 0.3) is 0 Å². The number of alkyl halides is 3. The zero-order valence-electron chi connectivity index (χ0n) is 13.8. The van der Waals surface area contributed by atoms with Gasteiger partial charge in [0.2, 0.25) is 0 Å². The fraction of sp³-hybridized carbons (Fsp3) is 0.600. The molecule has 0 fully saturated rings. The van der Waals surface area contributed by atoms with Gasteiger partial charge in [-0.3, -0.25) is 9.78 Å². The highest BCUT2D eigenvalue weighted by molar-refractivity contribution is 9.09. The van der Waals surface area contributed by atoms with E-state index in [2.05, 4.69) is 20.9 Å². The van der Waals surface area contributed by atoms with Gasteiger partial charge in [-0.2, -0.15) is 8.78 Å². The maximum absolute atomic E-state index is 14.4. The molecule has 0 aliphatic heterocycles. The van der Waals surface area contributed by atoms with Crippen molar-refractivity contribution in [2.75, 3.05) is 11.9 Å². The van der Waals surface area contributed by atoms with Crippen LogP contribution in [0, 0.1) is 5.82 Å². The Hall–Kier alpha value is -0.733. The molecule has 0 bridgehead atoms. The van der Waals surface area contributed by atoms with Crippen LogP contribution in [0.1, 0.15) is 36.8 Å². The molecule has 23 heavy (non-hydrogen) atoms. The number of carbonyl (C=O) groups excluding carboxylic acids is 1. The average Bonchev–Trinajstić information content (AvgIpc) is 2.43. The molecule has 0 unspecified atom stereocenters. The quantitative estimate of drug-likeness (QED) is 0.379. The molecular weight excluding hydrogens is 391 g/mol. The highest BCUT2D eigenvalue weighted by Crippen LogP contribution is 2.39. The van der Waals surface area contributed by atoms with Gasteiger partial charge in [-0.15, -0.1) is 0 Å². The second-order valence-electron chi connectivity index (χ2n) is 6.83. The Kier molecular flexibility index (Phi) is 6.20. The number of halogens is 4. The topological polar surface area (TPSA) is 39.2 Å². The molecule has 3 nitrogen and oxygen atoms in total. The molecule has 8 heteroatoms. The Balaban J connectivity index is 3.08. The Morgan fingerprint density at radius 2 is 1.91 bits per heavy atom. The van der Waals surface area contributed by atoms with Gasteiger partial charge in [-0.1, -0.05) is 36.7 Å². The van der Waals surface area contributed by atoms with Gasteiger partial charge >= 0.3 is 5.92 Å². The standard InChI is InChI=1S/C15H21BrF3NO2Si/c1-14(2,3)23(4,5)22-9-15(18,19)13-12(17)10(6-7-20-13)11(21)8-16/h6-7H,8-9H2,1-5H3. The fourth-order valence-electron chi connectivity index (χ4n) is 1.54. The molecule has 130 valence electrons. The number of Topliss-reactive ketones (excluding diaryl/α,β-unsaturated/α-hetero) is 1. The number of pyridine rings is 1. The first kappa shape index (κ1) is 20.3. The minimum atomic E-state index is -3.61. The predicted molar refractivity (Wildman–Crippen MR) is 89.4 cm³/mol. The van der Waals surface area contributed by atoms with Crippen LogP contribution in [0.4, 0.5) is 13.2 Å². The van der Waals surface area contributed by atoms with Gasteiger partial charge < -0.3 is 4.43 Å². The third kappa shape index (κ3) is 4.64. The van der Waals surface area contributed by atoms with Crippen molar-refractivity contribution in [3.63, 3.8) is 0 Å². The van der Waals surface area contributed by atoms with Crippen molar-refractivity contribution in [3.05, 3.63) is 29.3 Å². The molecule has 1 aromatic heterocycles. The number of aromatic nitrogens is 1. The minimum Gasteiger partial charge on any atom is -0.410 e. The Bertz CT molecular complexity index is 589. The molecular formula is C15H21BrF3NO2Si. The summed E-state index contributed by atoms with van der Waals surface area (Å²) in [6, 6.07) is 1.09. The van der Waals surface area contributed by atoms with Gasteiger partial charge in [-0.25, -0.2) is 4.39 Å². The number of nitrogens with zero attached hydrogens (tertiary/aromatic N) is 1. The van der Waals surface area contributed by atoms with E-state index in [-0.39, 0.29) is 10.4 Å². The molecule has 0 N–H and O–H groups in total. The highest BCUT2D eigenvalue weighted by Gasteiger charge is 2.43. The van der Waals surface area contributed by atoms with Crippen LogP contribution in [0.3, 0.4) is 0 Å². The Morgan fingerprint density at radius 3 is 2.39 bits per heavy atom. The molecule has 0 radical (unpaired) electrons. The average molecular weight is 412 g/mol. The minimum absolute atomic E-state index is 0.153. The molecule has 1 rings (SSSR count). The van der Waals surface area contributed by atoms with Crippen molar-refractivity contribution in [2.24, 2.45) is 0 Å². The van der Waals surface area contributed by atoms with Crippen LogP contribution < -0.4 is 0 Å². The fourth-order valence-corrected chi connectivity index (χ4v) is 2.82. The Morgan fingerprint density at radius 1 is 1.35 bits per heavy atom. The number of ketones is 1. The first-order valence-corrected chi connectivity index (χ1v) is 11.1. The lowest BCUT2D eigenvalue weighted by Gasteiger charge is -2.37. The lowest BCUT2D eigenvalue weighted by Crippen LogP contribution is -2.43. The third-order valence-electron chi connectivity index (χ3n) is 4.08. The van der Waals surface area contributed by atoms with E-state index in [1.54, 1.807) is 0 Å². The monoisotopic (exact) mass is 411 g/mol. The lowest BCUT2D eigenvalue weighted by atomic mass is 10.1. The van der Waals surface area contributed by atoms with E-state index in [0.29, 0.717) is 0 Å². The van der Waals surface area contributed by atoms with Crippen molar-refractivity contribution < 1.29 is 22.4 Å². The van der Waals surface area contributed by atoms with Crippen molar-refractivity contribution in [2.45, 2.75) is 44.8 Å². The van der Waals surface area contributed by atoms with Crippen molar-refractivity contribution in [1.82, 2.24) is 4.98 Å². The largest absolute Gasteiger partial charge is 0.410 e. The molecule has 0 aliphatic rings. The first-order chi connectivity index (χ1) is 10.3. The van der Waals surface area contributed by atoms with Crippen LogP contribution in [0.15, 0.2) is 12.3 Å². The normalized spacial score (nSPS) is 13.3. The summed E-state index contributed by atoms with van der Waals surface area (Å²) in [5.74, 6) is -5.52. The number of hydrogen-bond donors (Lipinski definition) is 0. The smallest absolute Gasteiger partial charge is 0.314 e. The third-order valence-corrected chi connectivity index (χ3v) is 9.07. The van der Waals surface area contributed by atoms with Crippen molar-refractivity contribution >= 4 is 30.0 Å². The van der Waals surface area contributed by atoms with Crippen LogP contribution in [0.5, 0.6) is 0 Å². The highest BCUT2D eigenvalue weighted by atomic mass is 79.9. The van der Waals surface area contributed by atoms with Crippen molar-refractivity contribution in [1.29, 1.82) is 0 Å². The van der Waals surface area contributed by atoms with Crippen molar-refractivity contribution in [3.8, 4) is 0 Å². The second kappa shape index (κ2) is 7.02. The predicted octanol–water partition coefficient (Wildman–Crippen LogP) is 4.91. The van der Waals surface area contributed by atoms with Gasteiger partial charge in [0, 0.05) is 6.20 Å². The maximum atomic E-state index is 14.4. The number of carbonyl (C=O) groups is 1. The van der Waals surface area contributed by atoms with Gasteiger partial charge in [0.05, 0.1) is 10.9 Å². The summed E-state index contributed by atoms with van der Waals surface area (Å²) in [5, 5.41) is -0.401. The molecule has 0 amide bonds. The van der Waals surface area contributed by atoms with E-state index in [1.165, 1.54) is 0 Å². The summed E-state index contributed by atoms with van der Waals surface area (Å²) >= 11 is 2.90. The van der Waals surface area contributed by atoms with Gasteiger partial charge in [0.1, 0.15) is 12.3 Å². The molecule has 0 saturated carbocycles. The van der Waals surface area contributed by atoms with Gasteiger partial charge in [-0.05, 0) is 24.2 Å². The summed E-state index contributed by atoms with van der Waals surface area (Å²) in [6.45, 7) is 8.47. The summed E-state index contributed by atoms with van der Waals surface area (Å²) in [4.78, 5) is 15.0. The van der Waals surface area contributed by atoms with E-state index in [1.807, 2.05) is 33.9 Å². The van der Waals surface area contributed by atoms with Crippen LogP contribution in [0.25, 0.3) is 0 Å². The van der Waals surface area contributed by atoms with Crippen LogP contribution in [0.2, 0.25) is 18.1 Å². The summed E-state index contributed by atoms with van der Waals surface area (Å²) in [6.07, 6.45) is 1.01. The second-order valence-corrected chi connectivity index (χ2v) is 12.2. The van der Waals surface area contributed by atoms with E-state index in [9.17, 15) is 18.0 Å². The molecule has 0 aliphatic carbocycles. The molecule has 0 saturated heterocycles. The Labute approximate surface area is 143 Å². The number of rotatable bonds is 6. The molecule has 0 atom stereocenters. The molecule has 0 spiro atoms. The van der Waals surface area contributed by atoms with Crippen LogP contribution >= 0.6 is 15.9 Å². The van der Waals surface area contributed by atoms with E-state index >= 15 is 0 Å². The molecule has 1 heterocycles. The van der Waals surface area contributed by atoms with Gasteiger partial charge in [0.15, 0.2) is 19.9 Å². The van der Waals surface area contributed by atoms with E-state index < -0.39 is 43.7 Å². The number of hydrogen-bond acceptors (Lipinski definition) is 3. The van der Waals surface area contributed by atoms with E-state index in [0.717, 1.165) is 12.3 Å². The summed E-state index contributed by atoms with van der Waals surface area (Å²) < 4.78 is 48.4.